The highest BCUT2D eigenvalue weighted by atomic mass is 19.4. The standard InChI is InChI=1S/C16H14F3N3O2/c17-16(18,19)13-5-3-6-14(11-13)24-10-2-1-7-20-15(23)12-22-9-4-8-21-22/h3-6,8-9,11H,7,10,12H2,(H,20,23). The zero-order valence-electron chi connectivity index (χ0n) is 12.5. The molecule has 5 nitrogen and oxygen atoms in total. The molecule has 1 N–H and O–H groups in total. The van der Waals surface area contributed by atoms with E-state index in [2.05, 4.69) is 22.3 Å². The van der Waals surface area contributed by atoms with E-state index in [-0.39, 0.29) is 31.4 Å². The van der Waals surface area contributed by atoms with Crippen LogP contribution in [0, 0.1) is 11.8 Å². The molecule has 0 aliphatic carbocycles. The maximum absolute atomic E-state index is 12.5. The third-order valence-electron chi connectivity index (χ3n) is 2.84. The molecule has 2 aromatic rings. The number of benzene rings is 1. The van der Waals surface area contributed by atoms with E-state index in [1.807, 2.05) is 0 Å². The van der Waals surface area contributed by atoms with Crippen molar-refractivity contribution in [2.24, 2.45) is 0 Å². The van der Waals surface area contributed by atoms with E-state index >= 15 is 0 Å². The normalized spacial score (nSPS) is 10.6. The lowest BCUT2D eigenvalue weighted by Crippen LogP contribution is -2.28. The summed E-state index contributed by atoms with van der Waals surface area (Å²) in [6.07, 6.45) is -1.18. The fourth-order valence-electron chi connectivity index (χ4n) is 1.73. The summed E-state index contributed by atoms with van der Waals surface area (Å²) in [6.45, 7) is 0.137. The summed E-state index contributed by atoms with van der Waals surface area (Å²) in [5.74, 6) is 5.11. The van der Waals surface area contributed by atoms with Crippen LogP contribution in [0.2, 0.25) is 0 Å². The SMILES string of the molecule is O=C(Cn1cccn1)NCC#CCOc1cccc(C(F)(F)F)c1. The van der Waals surface area contributed by atoms with Crippen LogP contribution in [0.15, 0.2) is 42.7 Å². The van der Waals surface area contributed by atoms with E-state index < -0.39 is 11.7 Å². The van der Waals surface area contributed by atoms with Crippen molar-refractivity contribution in [1.29, 1.82) is 0 Å². The molecule has 0 radical (unpaired) electrons. The van der Waals surface area contributed by atoms with Crippen molar-refractivity contribution in [3.8, 4) is 17.6 Å². The Balaban J connectivity index is 1.71. The van der Waals surface area contributed by atoms with Crippen LogP contribution in [0.1, 0.15) is 5.56 Å². The van der Waals surface area contributed by atoms with Gasteiger partial charge in [-0.05, 0) is 24.3 Å². The highest BCUT2D eigenvalue weighted by Gasteiger charge is 2.30. The number of carbonyl (C=O) groups is 1. The Kier molecular flexibility index (Phi) is 5.84. The molecule has 126 valence electrons. The lowest BCUT2D eigenvalue weighted by molar-refractivity contribution is -0.137. The van der Waals surface area contributed by atoms with E-state index in [0.29, 0.717) is 0 Å². The Hall–Kier alpha value is -2.95. The topological polar surface area (TPSA) is 56.2 Å². The van der Waals surface area contributed by atoms with Crippen molar-refractivity contribution in [2.45, 2.75) is 12.7 Å². The summed E-state index contributed by atoms with van der Waals surface area (Å²) >= 11 is 0. The first-order valence-corrected chi connectivity index (χ1v) is 6.95. The fraction of sp³-hybridized carbons (Fsp3) is 0.250. The van der Waals surface area contributed by atoms with Crippen LogP contribution in [0.4, 0.5) is 13.2 Å². The van der Waals surface area contributed by atoms with Crippen LogP contribution in [-0.4, -0.2) is 28.8 Å². The van der Waals surface area contributed by atoms with Gasteiger partial charge < -0.3 is 10.1 Å². The van der Waals surface area contributed by atoms with E-state index in [1.165, 1.54) is 16.8 Å². The van der Waals surface area contributed by atoms with Crippen LogP contribution in [0.5, 0.6) is 5.75 Å². The van der Waals surface area contributed by atoms with Crippen LogP contribution < -0.4 is 10.1 Å². The first-order valence-electron chi connectivity index (χ1n) is 6.95. The van der Waals surface area contributed by atoms with Crippen molar-refractivity contribution < 1.29 is 22.7 Å². The molecule has 0 aliphatic heterocycles. The number of amides is 1. The summed E-state index contributed by atoms with van der Waals surface area (Å²) in [5, 5.41) is 6.46. The van der Waals surface area contributed by atoms with Gasteiger partial charge in [-0.25, -0.2) is 0 Å². The molecular weight excluding hydrogens is 323 g/mol. The second-order valence-corrected chi connectivity index (χ2v) is 4.65. The Morgan fingerprint density at radius 3 is 2.83 bits per heavy atom. The lowest BCUT2D eigenvalue weighted by atomic mass is 10.2. The number of hydrogen-bond donors (Lipinski definition) is 1. The molecule has 0 unspecified atom stereocenters. The molecule has 1 aromatic heterocycles. The van der Waals surface area contributed by atoms with Gasteiger partial charge in [0.15, 0.2) is 0 Å². The number of nitrogens with one attached hydrogen (secondary N) is 1. The van der Waals surface area contributed by atoms with Gasteiger partial charge in [0.05, 0.1) is 12.1 Å². The molecule has 0 aliphatic rings. The number of ether oxygens (including phenoxy) is 1. The summed E-state index contributed by atoms with van der Waals surface area (Å²) < 4.78 is 44.2. The molecule has 8 heteroatoms. The maximum Gasteiger partial charge on any atom is 0.416 e. The molecule has 1 aromatic carbocycles. The maximum atomic E-state index is 12.5. The Morgan fingerprint density at radius 1 is 1.29 bits per heavy atom. The van der Waals surface area contributed by atoms with Gasteiger partial charge in [0.2, 0.25) is 5.91 Å². The van der Waals surface area contributed by atoms with E-state index in [4.69, 9.17) is 4.74 Å². The van der Waals surface area contributed by atoms with Gasteiger partial charge in [-0.1, -0.05) is 17.9 Å². The minimum Gasteiger partial charge on any atom is -0.481 e. The van der Waals surface area contributed by atoms with Crippen LogP contribution in [-0.2, 0) is 17.5 Å². The smallest absolute Gasteiger partial charge is 0.416 e. The molecule has 0 saturated carbocycles. The molecule has 0 fully saturated rings. The zero-order valence-corrected chi connectivity index (χ0v) is 12.5. The number of alkyl halides is 3. The summed E-state index contributed by atoms with van der Waals surface area (Å²) in [4.78, 5) is 11.5. The molecule has 24 heavy (non-hydrogen) atoms. The van der Waals surface area contributed by atoms with Crippen molar-refractivity contribution in [2.75, 3.05) is 13.2 Å². The highest BCUT2D eigenvalue weighted by Crippen LogP contribution is 2.31. The fourth-order valence-corrected chi connectivity index (χ4v) is 1.73. The largest absolute Gasteiger partial charge is 0.481 e. The highest BCUT2D eigenvalue weighted by molar-refractivity contribution is 5.75. The van der Waals surface area contributed by atoms with E-state index in [0.717, 1.165) is 12.1 Å². The van der Waals surface area contributed by atoms with Gasteiger partial charge in [0.1, 0.15) is 18.9 Å². The van der Waals surface area contributed by atoms with Gasteiger partial charge >= 0.3 is 6.18 Å². The van der Waals surface area contributed by atoms with Crippen molar-refractivity contribution in [3.05, 3.63) is 48.3 Å². The zero-order chi connectivity index (χ0) is 17.4. The number of aromatic nitrogens is 2. The molecule has 0 atom stereocenters. The van der Waals surface area contributed by atoms with Gasteiger partial charge in [-0.15, -0.1) is 0 Å². The molecule has 0 saturated heterocycles. The molecule has 1 amide bonds. The Morgan fingerprint density at radius 2 is 2.12 bits per heavy atom. The summed E-state index contributed by atoms with van der Waals surface area (Å²) in [5.41, 5.74) is -0.779. The number of nitrogens with zero attached hydrogens (tertiary/aromatic N) is 2. The van der Waals surface area contributed by atoms with E-state index in [9.17, 15) is 18.0 Å². The van der Waals surface area contributed by atoms with Gasteiger partial charge in [-0.2, -0.15) is 18.3 Å². The minimum absolute atomic E-state index is 0.0731. The summed E-state index contributed by atoms with van der Waals surface area (Å²) in [7, 11) is 0. The van der Waals surface area contributed by atoms with Crippen molar-refractivity contribution in [3.63, 3.8) is 0 Å². The first kappa shape index (κ1) is 17.4. The quantitative estimate of drug-likeness (QED) is 0.850. The van der Waals surface area contributed by atoms with Crippen LogP contribution in [0.25, 0.3) is 0 Å². The average Bonchev–Trinajstić information content (AvgIpc) is 3.03. The van der Waals surface area contributed by atoms with Crippen LogP contribution >= 0.6 is 0 Å². The second-order valence-electron chi connectivity index (χ2n) is 4.65. The summed E-state index contributed by atoms with van der Waals surface area (Å²) in [6, 6.07) is 6.27. The first-order chi connectivity index (χ1) is 11.4. The molecular formula is C16H14F3N3O2. The third-order valence-corrected chi connectivity index (χ3v) is 2.84. The number of carbonyl (C=O) groups excluding carboxylic acids is 1. The third kappa shape index (κ3) is 5.68. The van der Waals surface area contributed by atoms with Crippen molar-refractivity contribution in [1.82, 2.24) is 15.1 Å². The van der Waals surface area contributed by atoms with Crippen molar-refractivity contribution >= 4 is 5.91 Å². The predicted molar refractivity (Wildman–Crippen MR) is 80.0 cm³/mol. The van der Waals surface area contributed by atoms with Gasteiger partial charge in [-0.3, -0.25) is 9.48 Å². The average molecular weight is 337 g/mol. The number of hydrogen-bond acceptors (Lipinski definition) is 3. The minimum atomic E-state index is -4.41. The van der Waals surface area contributed by atoms with Gasteiger partial charge in [0, 0.05) is 12.4 Å². The predicted octanol–water partition coefficient (Wildman–Crippen LogP) is 2.10. The Labute approximate surface area is 136 Å². The molecule has 0 spiro atoms. The number of rotatable bonds is 5. The second kappa shape index (κ2) is 8.06. The lowest BCUT2D eigenvalue weighted by Gasteiger charge is -2.08. The number of halogens is 3. The molecule has 1 heterocycles. The van der Waals surface area contributed by atoms with E-state index in [1.54, 1.807) is 18.5 Å². The van der Waals surface area contributed by atoms with Gasteiger partial charge in [0.25, 0.3) is 0 Å². The Bertz CT molecular complexity index is 731. The molecule has 2 rings (SSSR count). The molecule has 0 bridgehead atoms. The van der Waals surface area contributed by atoms with Crippen LogP contribution in [0.3, 0.4) is 0 Å². The monoisotopic (exact) mass is 337 g/mol.